The Morgan fingerprint density at radius 2 is 1.89 bits per heavy atom. The van der Waals surface area contributed by atoms with Crippen LogP contribution in [0.2, 0.25) is 0 Å². The summed E-state index contributed by atoms with van der Waals surface area (Å²) in [5.41, 5.74) is 2.16. The average Bonchev–Trinajstić information content (AvgIpc) is 3.15. The number of aromatic nitrogens is 1. The highest BCUT2D eigenvalue weighted by atomic mass is 32.2. The van der Waals surface area contributed by atoms with Crippen LogP contribution in [0.15, 0.2) is 47.4 Å². The van der Waals surface area contributed by atoms with Crippen molar-refractivity contribution in [2.75, 3.05) is 43.6 Å². The largest absolute Gasteiger partial charge is 0.506 e. The van der Waals surface area contributed by atoms with Crippen molar-refractivity contribution in [3.8, 4) is 17.6 Å². The Morgan fingerprint density at radius 3 is 2.57 bits per heavy atom. The Balaban J connectivity index is 1.58. The van der Waals surface area contributed by atoms with Gasteiger partial charge in [-0.05, 0) is 81.6 Å². The molecule has 0 bridgehead atoms. The van der Waals surface area contributed by atoms with E-state index in [1.54, 1.807) is 30.3 Å². The van der Waals surface area contributed by atoms with Gasteiger partial charge in [0.05, 0.1) is 23.4 Å². The molecule has 0 aliphatic carbocycles. The van der Waals surface area contributed by atoms with Crippen LogP contribution in [0.25, 0.3) is 10.9 Å². The van der Waals surface area contributed by atoms with E-state index < -0.39 is 12.7 Å². The Kier molecular flexibility index (Phi) is 7.72. The molecule has 1 saturated heterocycles. The van der Waals surface area contributed by atoms with Gasteiger partial charge in [0.25, 0.3) is 0 Å². The number of aromatic hydroxyl groups is 1. The quantitative estimate of drug-likeness (QED) is 0.233. The van der Waals surface area contributed by atoms with Gasteiger partial charge in [-0.2, -0.15) is 13.2 Å². The van der Waals surface area contributed by atoms with Gasteiger partial charge in [-0.25, -0.2) is 0 Å². The van der Waals surface area contributed by atoms with Crippen LogP contribution in [0.3, 0.4) is 0 Å². The minimum atomic E-state index is -4.37. The maximum absolute atomic E-state index is 13.4. The average molecular weight is 503 g/mol. The zero-order valence-corrected chi connectivity index (χ0v) is 20.6. The molecule has 0 radical (unpaired) electrons. The number of benzene rings is 2. The van der Waals surface area contributed by atoms with Crippen LogP contribution in [0, 0.1) is 11.8 Å². The van der Waals surface area contributed by atoms with Crippen LogP contribution in [-0.2, 0) is 6.54 Å². The third-order valence-corrected chi connectivity index (χ3v) is 6.88. The lowest BCUT2D eigenvalue weighted by molar-refractivity contribution is -0.140. The summed E-state index contributed by atoms with van der Waals surface area (Å²) in [5, 5.41) is 17.4. The van der Waals surface area contributed by atoms with Crippen LogP contribution < -0.4 is 10.6 Å². The first-order chi connectivity index (χ1) is 16.7. The molecular weight excluding hydrogens is 473 g/mol. The first kappa shape index (κ1) is 25.1. The normalized spacial score (nSPS) is 15.1. The van der Waals surface area contributed by atoms with Gasteiger partial charge in [0.15, 0.2) is 0 Å². The van der Waals surface area contributed by atoms with Crippen molar-refractivity contribution in [2.24, 2.45) is 0 Å². The van der Waals surface area contributed by atoms with E-state index in [1.807, 2.05) is 18.4 Å². The number of phenols is 1. The van der Waals surface area contributed by atoms with Crippen molar-refractivity contribution in [3.05, 3.63) is 48.2 Å². The molecule has 35 heavy (non-hydrogen) atoms. The minimum Gasteiger partial charge on any atom is -0.506 e. The highest BCUT2D eigenvalue weighted by Crippen LogP contribution is 2.31. The zero-order chi connectivity index (χ0) is 25.0. The molecule has 1 aromatic heterocycles. The van der Waals surface area contributed by atoms with E-state index in [0.717, 1.165) is 41.9 Å². The van der Waals surface area contributed by atoms with E-state index in [0.29, 0.717) is 16.9 Å². The van der Waals surface area contributed by atoms with Crippen LogP contribution in [0.4, 0.5) is 24.5 Å². The number of fused-ring (bicyclic) bond motifs is 1. The van der Waals surface area contributed by atoms with Gasteiger partial charge < -0.3 is 25.2 Å². The molecule has 3 N–H and O–H groups in total. The molecule has 0 amide bonds. The fourth-order valence-corrected chi connectivity index (χ4v) is 4.73. The lowest BCUT2D eigenvalue weighted by Crippen LogP contribution is -2.36. The van der Waals surface area contributed by atoms with Crippen LogP contribution in [0.1, 0.15) is 18.5 Å². The van der Waals surface area contributed by atoms with Gasteiger partial charge in [-0.1, -0.05) is 12.0 Å². The number of piperidine rings is 1. The second kappa shape index (κ2) is 10.8. The van der Waals surface area contributed by atoms with E-state index in [1.165, 1.54) is 16.3 Å². The summed E-state index contributed by atoms with van der Waals surface area (Å²) in [6.45, 7) is 1.05. The van der Waals surface area contributed by atoms with Gasteiger partial charge in [0.2, 0.25) is 0 Å². The minimum absolute atomic E-state index is 0.106. The van der Waals surface area contributed by atoms with Gasteiger partial charge in [0, 0.05) is 22.0 Å². The molecule has 0 unspecified atom stereocenters. The summed E-state index contributed by atoms with van der Waals surface area (Å²) in [6.07, 6.45) is -0.483. The first-order valence-corrected chi connectivity index (χ1v) is 12.7. The highest BCUT2D eigenvalue weighted by molar-refractivity contribution is 7.98. The number of phenolic OH excluding ortho intramolecular Hbond substituents is 1. The third-order valence-electron chi connectivity index (χ3n) is 6.15. The number of anilines is 2. The molecule has 0 saturated carbocycles. The fraction of sp³-hybridized carbons (Fsp3) is 0.385. The van der Waals surface area contributed by atoms with E-state index in [9.17, 15) is 18.3 Å². The second-order valence-electron chi connectivity index (χ2n) is 8.73. The number of thioether (sulfide) groups is 1. The number of likely N-dealkylation sites (tertiary alicyclic amines) is 1. The number of alkyl halides is 3. The van der Waals surface area contributed by atoms with Crippen LogP contribution in [-0.4, -0.2) is 59.7 Å². The summed E-state index contributed by atoms with van der Waals surface area (Å²) < 4.78 is 41.5. The standard InChI is InChI=1S/C26H29F3N4OS/c1-32-13-10-18(11-14-32)31-22-6-3-7-24-21(22)15-19(33(24)17-26(27,28)29)5-4-12-30-23-9-8-20(35-2)16-25(23)34/h3,6-9,15-16,18,30-31,34H,10-14,17H2,1-2H3. The molecule has 1 aliphatic heterocycles. The van der Waals surface area contributed by atoms with Crippen molar-refractivity contribution in [1.29, 1.82) is 0 Å². The van der Waals surface area contributed by atoms with E-state index in [4.69, 9.17) is 0 Å². The summed E-state index contributed by atoms with van der Waals surface area (Å²) in [6, 6.07) is 12.7. The molecule has 9 heteroatoms. The number of hydrogen-bond donors (Lipinski definition) is 3. The van der Waals surface area contributed by atoms with E-state index in [-0.39, 0.29) is 18.3 Å². The van der Waals surface area contributed by atoms with Crippen molar-refractivity contribution in [3.63, 3.8) is 0 Å². The van der Waals surface area contributed by atoms with Crippen molar-refractivity contribution >= 4 is 34.0 Å². The molecule has 3 aromatic rings. The predicted molar refractivity (Wildman–Crippen MR) is 137 cm³/mol. The van der Waals surface area contributed by atoms with Crippen LogP contribution in [0.5, 0.6) is 5.75 Å². The zero-order valence-electron chi connectivity index (χ0n) is 19.7. The fourth-order valence-electron chi connectivity index (χ4n) is 4.30. The topological polar surface area (TPSA) is 52.5 Å². The maximum Gasteiger partial charge on any atom is 0.406 e. The second-order valence-corrected chi connectivity index (χ2v) is 9.61. The predicted octanol–water partition coefficient (Wildman–Crippen LogP) is 5.60. The molecule has 1 aliphatic rings. The van der Waals surface area contributed by atoms with Crippen molar-refractivity contribution < 1.29 is 18.3 Å². The summed E-state index contributed by atoms with van der Waals surface area (Å²) in [4.78, 5) is 3.21. The lowest BCUT2D eigenvalue weighted by atomic mass is 10.0. The summed E-state index contributed by atoms with van der Waals surface area (Å²) in [7, 11) is 2.09. The smallest absolute Gasteiger partial charge is 0.406 e. The molecule has 1 fully saturated rings. The molecule has 5 nitrogen and oxygen atoms in total. The van der Waals surface area contributed by atoms with E-state index >= 15 is 0 Å². The molecule has 2 heterocycles. The molecule has 2 aromatic carbocycles. The molecule has 4 rings (SSSR count). The molecule has 186 valence electrons. The number of nitrogens with one attached hydrogen (secondary N) is 2. The number of halogens is 3. The van der Waals surface area contributed by atoms with Gasteiger partial charge in [-0.3, -0.25) is 0 Å². The van der Waals surface area contributed by atoms with Crippen molar-refractivity contribution in [1.82, 2.24) is 9.47 Å². The molecule has 0 atom stereocenters. The molecule has 0 spiro atoms. The lowest BCUT2D eigenvalue weighted by Gasteiger charge is -2.30. The van der Waals surface area contributed by atoms with Gasteiger partial charge in [0.1, 0.15) is 12.3 Å². The van der Waals surface area contributed by atoms with E-state index in [2.05, 4.69) is 34.4 Å². The Morgan fingerprint density at radius 1 is 1.11 bits per heavy atom. The highest BCUT2D eigenvalue weighted by Gasteiger charge is 2.30. The van der Waals surface area contributed by atoms with Crippen LogP contribution >= 0.6 is 11.8 Å². The summed E-state index contributed by atoms with van der Waals surface area (Å²) in [5.74, 6) is 5.92. The molecular formula is C26H29F3N4OS. The number of rotatable bonds is 6. The Bertz CT molecular complexity index is 1240. The number of hydrogen-bond acceptors (Lipinski definition) is 5. The maximum atomic E-state index is 13.4. The van der Waals surface area contributed by atoms with Crippen molar-refractivity contribution in [2.45, 2.75) is 36.5 Å². The first-order valence-electron chi connectivity index (χ1n) is 11.5. The Hall–Kier alpha value is -2.96. The summed E-state index contributed by atoms with van der Waals surface area (Å²) >= 11 is 1.52. The SMILES string of the molecule is CSc1ccc(NCC#Cc2cc3c(NC4CCN(C)CC4)cccc3n2CC(F)(F)F)c(O)c1. The van der Waals surface area contributed by atoms with Gasteiger partial charge in [-0.15, -0.1) is 11.8 Å². The Labute approximate surface area is 207 Å². The third kappa shape index (κ3) is 6.38. The van der Waals surface area contributed by atoms with Gasteiger partial charge >= 0.3 is 6.18 Å². The number of nitrogens with zero attached hydrogens (tertiary/aromatic N) is 2. The monoisotopic (exact) mass is 502 g/mol.